The molecule has 2 heterocycles. The minimum atomic E-state index is -0.812. The first-order valence-corrected chi connectivity index (χ1v) is 9.82. The van der Waals surface area contributed by atoms with Crippen LogP contribution in [0, 0.1) is 18.6 Å². The summed E-state index contributed by atoms with van der Waals surface area (Å²) < 4.78 is 35.5. The van der Waals surface area contributed by atoms with Crippen LogP contribution in [0.5, 0.6) is 0 Å². The Labute approximate surface area is 175 Å². The van der Waals surface area contributed by atoms with Gasteiger partial charge in [0.05, 0.1) is 16.7 Å². The highest BCUT2D eigenvalue weighted by Crippen LogP contribution is 2.33. The lowest BCUT2D eigenvalue weighted by molar-refractivity contribution is -0.123. The van der Waals surface area contributed by atoms with Gasteiger partial charge in [-0.3, -0.25) is 4.79 Å². The number of hydrogen-bond donors (Lipinski definition) is 2. The first kappa shape index (κ1) is 19.4. The van der Waals surface area contributed by atoms with Gasteiger partial charge in [-0.05, 0) is 49.2 Å². The molecule has 1 saturated carbocycles. The van der Waals surface area contributed by atoms with E-state index >= 15 is 0 Å². The fourth-order valence-corrected chi connectivity index (χ4v) is 3.56. The Morgan fingerprint density at radius 1 is 1.23 bits per heavy atom. The summed E-state index contributed by atoms with van der Waals surface area (Å²) >= 11 is 0. The number of amides is 1. The first-order chi connectivity index (χ1) is 14.8. The molecule has 2 aromatic heterocycles. The number of rotatable bonds is 5. The van der Waals surface area contributed by atoms with Gasteiger partial charge in [0, 0.05) is 30.1 Å². The molecule has 7 nitrogen and oxygen atoms in total. The van der Waals surface area contributed by atoms with Crippen molar-refractivity contribution in [2.45, 2.75) is 31.8 Å². The van der Waals surface area contributed by atoms with E-state index in [0.717, 1.165) is 0 Å². The summed E-state index contributed by atoms with van der Waals surface area (Å²) in [5, 5.41) is 7.26. The highest BCUT2D eigenvalue weighted by molar-refractivity contribution is 5.89. The summed E-state index contributed by atoms with van der Waals surface area (Å²) in [5.41, 5.74) is 7.09. The number of aromatic nitrogens is 3. The molecule has 0 spiro atoms. The van der Waals surface area contributed by atoms with Crippen LogP contribution in [0.1, 0.15) is 24.3 Å². The Bertz CT molecular complexity index is 1320. The predicted octanol–water partition coefficient (Wildman–Crippen LogP) is 3.37. The standard InChI is InChI=1S/C22H19F2N5O2/c1-12-27-20(28-31-12)19-9-14-8-15(23)3-5-18(14)29(19)16-4-2-13(17(24)10-16)11-26-21(30)22(25)6-7-22/h2-5,8-10H,6-7,11,25H2,1H3,(H,26,30). The molecule has 158 valence electrons. The molecule has 0 saturated heterocycles. The second-order valence-corrected chi connectivity index (χ2v) is 7.82. The van der Waals surface area contributed by atoms with Gasteiger partial charge < -0.3 is 20.1 Å². The second-order valence-electron chi connectivity index (χ2n) is 7.82. The van der Waals surface area contributed by atoms with E-state index in [4.69, 9.17) is 10.3 Å². The topological polar surface area (TPSA) is 99.0 Å². The number of fused-ring (bicyclic) bond motifs is 1. The molecule has 2 aromatic carbocycles. The van der Waals surface area contributed by atoms with E-state index in [-0.39, 0.29) is 18.3 Å². The molecule has 0 unspecified atom stereocenters. The Morgan fingerprint density at radius 3 is 2.71 bits per heavy atom. The van der Waals surface area contributed by atoms with E-state index in [2.05, 4.69) is 15.5 Å². The summed E-state index contributed by atoms with van der Waals surface area (Å²) in [6.45, 7) is 1.71. The van der Waals surface area contributed by atoms with Crippen LogP contribution in [-0.4, -0.2) is 26.2 Å². The van der Waals surface area contributed by atoms with Crippen molar-refractivity contribution in [2.75, 3.05) is 0 Å². The molecule has 3 N–H and O–H groups in total. The van der Waals surface area contributed by atoms with E-state index in [1.807, 2.05) is 0 Å². The summed E-state index contributed by atoms with van der Waals surface area (Å²) in [4.78, 5) is 16.3. The molecule has 4 aromatic rings. The van der Waals surface area contributed by atoms with Crippen molar-refractivity contribution >= 4 is 16.8 Å². The highest BCUT2D eigenvalue weighted by Gasteiger charge is 2.45. The van der Waals surface area contributed by atoms with Gasteiger partial charge in [0.2, 0.25) is 17.6 Å². The number of nitrogens with one attached hydrogen (secondary N) is 1. The Kier molecular flexibility index (Phi) is 4.37. The summed E-state index contributed by atoms with van der Waals surface area (Å²) in [7, 11) is 0. The van der Waals surface area contributed by atoms with Crippen molar-refractivity contribution in [3.8, 4) is 17.2 Å². The number of nitrogens with two attached hydrogens (primary N) is 1. The number of hydrogen-bond acceptors (Lipinski definition) is 5. The molecule has 5 rings (SSSR count). The predicted molar refractivity (Wildman–Crippen MR) is 109 cm³/mol. The first-order valence-electron chi connectivity index (χ1n) is 9.82. The molecule has 31 heavy (non-hydrogen) atoms. The Hall–Kier alpha value is -3.59. The molecular formula is C22H19F2N5O2. The van der Waals surface area contributed by atoms with Crippen molar-refractivity contribution in [1.82, 2.24) is 20.0 Å². The van der Waals surface area contributed by atoms with Crippen LogP contribution in [-0.2, 0) is 11.3 Å². The fraction of sp³-hybridized carbons (Fsp3) is 0.227. The van der Waals surface area contributed by atoms with Gasteiger partial charge in [0.25, 0.3) is 0 Å². The lowest BCUT2D eigenvalue weighted by Gasteiger charge is -2.13. The third kappa shape index (κ3) is 3.46. The lowest BCUT2D eigenvalue weighted by Crippen LogP contribution is -2.42. The van der Waals surface area contributed by atoms with Crippen molar-refractivity contribution in [1.29, 1.82) is 0 Å². The van der Waals surface area contributed by atoms with Gasteiger partial charge in [-0.2, -0.15) is 4.98 Å². The Balaban J connectivity index is 1.54. The molecule has 1 aliphatic carbocycles. The van der Waals surface area contributed by atoms with Gasteiger partial charge >= 0.3 is 0 Å². The maximum atomic E-state index is 14.9. The molecule has 9 heteroatoms. The third-order valence-corrected chi connectivity index (χ3v) is 5.50. The maximum Gasteiger partial charge on any atom is 0.240 e. The zero-order chi connectivity index (χ0) is 21.8. The van der Waals surface area contributed by atoms with Crippen LogP contribution < -0.4 is 11.1 Å². The zero-order valence-corrected chi connectivity index (χ0v) is 16.7. The average Bonchev–Trinajstić information content (AvgIpc) is 3.18. The fourth-order valence-electron chi connectivity index (χ4n) is 3.56. The summed E-state index contributed by atoms with van der Waals surface area (Å²) in [6, 6.07) is 10.7. The van der Waals surface area contributed by atoms with Gasteiger partial charge in [0.15, 0.2) is 0 Å². The number of carbonyl (C=O) groups excluding carboxylic acids is 1. The van der Waals surface area contributed by atoms with Crippen LogP contribution in [0.3, 0.4) is 0 Å². The SMILES string of the molecule is Cc1nc(-c2cc3cc(F)ccc3n2-c2ccc(CNC(=O)C3(N)CC3)c(F)c2)no1. The number of halogens is 2. The maximum absolute atomic E-state index is 14.9. The second kappa shape index (κ2) is 6.98. The minimum Gasteiger partial charge on any atom is -0.350 e. The number of carbonyl (C=O) groups is 1. The van der Waals surface area contributed by atoms with Crippen LogP contribution in [0.25, 0.3) is 28.1 Å². The van der Waals surface area contributed by atoms with E-state index in [9.17, 15) is 13.6 Å². The molecule has 0 radical (unpaired) electrons. The van der Waals surface area contributed by atoms with E-state index in [1.165, 1.54) is 18.2 Å². The normalized spacial score (nSPS) is 14.7. The van der Waals surface area contributed by atoms with Gasteiger partial charge in [-0.1, -0.05) is 11.2 Å². The van der Waals surface area contributed by atoms with E-state index < -0.39 is 11.4 Å². The van der Waals surface area contributed by atoms with Crippen molar-refractivity contribution in [3.05, 3.63) is 65.6 Å². The van der Waals surface area contributed by atoms with E-state index in [1.54, 1.807) is 35.8 Å². The quantitative estimate of drug-likeness (QED) is 0.513. The molecule has 0 atom stereocenters. The van der Waals surface area contributed by atoms with Crippen molar-refractivity contribution in [3.63, 3.8) is 0 Å². The van der Waals surface area contributed by atoms with Crippen LogP contribution in [0.4, 0.5) is 8.78 Å². The summed E-state index contributed by atoms with van der Waals surface area (Å²) in [6.07, 6.45) is 1.28. The average molecular weight is 423 g/mol. The number of aryl methyl sites for hydroxylation is 1. The van der Waals surface area contributed by atoms with Crippen LogP contribution >= 0.6 is 0 Å². The third-order valence-electron chi connectivity index (χ3n) is 5.50. The van der Waals surface area contributed by atoms with Gasteiger partial charge in [0.1, 0.15) is 11.6 Å². The molecule has 1 aliphatic rings. The number of benzene rings is 2. The molecule has 1 amide bonds. The zero-order valence-electron chi connectivity index (χ0n) is 16.7. The molecule has 1 fully saturated rings. The van der Waals surface area contributed by atoms with Gasteiger partial charge in [-0.25, -0.2) is 8.78 Å². The largest absolute Gasteiger partial charge is 0.350 e. The van der Waals surface area contributed by atoms with Crippen molar-refractivity contribution < 1.29 is 18.1 Å². The minimum absolute atomic E-state index is 0.0401. The van der Waals surface area contributed by atoms with Crippen LogP contribution in [0.2, 0.25) is 0 Å². The summed E-state index contributed by atoms with van der Waals surface area (Å²) in [5.74, 6) is -0.457. The Morgan fingerprint density at radius 2 is 2.03 bits per heavy atom. The molecule has 0 bridgehead atoms. The number of nitrogens with zero attached hydrogens (tertiary/aromatic N) is 3. The molecule has 0 aliphatic heterocycles. The molecular weight excluding hydrogens is 404 g/mol. The van der Waals surface area contributed by atoms with Crippen LogP contribution in [0.15, 0.2) is 47.0 Å². The van der Waals surface area contributed by atoms with Crippen molar-refractivity contribution in [2.24, 2.45) is 5.73 Å². The van der Waals surface area contributed by atoms with Gasteiger partial charge in [-0.15, -0.1) is 0 Å². The monoisotopic (exact) mass is 423 g/mol. The highest BCUT2D eigenvalue weighted by atomic mass is 19.1. The van der Waals surface area contributed by atoms with E-state index in [0.29, 0.717) is 52.4 Å². The lowest BCUT2D eigenvalue weighted by atomic mass is 10.1. The smallest absolute Gasteiger partial charge is 0.240 e.